The van der Waals surface area contributed by atoms with E-state index in [9.17, 15) is 0 Å². The molecule has 5 heteroatoms. The number of pyridine rings is 1. The summed E-state index contributed by atoms with van der Waals surface area (Å²) in [6.45, 7) is 0.357. The maximum Gasteiger partial charge on any atom is 0.213 e. The summed E-state index contributed by atoms with van der Waals surface area (Å²) >= 11 is 17.7. The van der Waals surface area contributed by atoms with Gasteiger partial charge in [-0.1, -0.05) is 41.4 Å². The Morgan fingerprint density at radius 1 is 1.06 bits per heavy atom. The third-order valence-electron chi connectivity index (χ3n) is 2.39. The van der Waals surface area contributed by atoms with Crippen molar-refractivity contribution in [3.8, 4) is 5.88 Å². The number of rotatable bonds is 4. The number of halogens is 3. The minimum atomic E-state index is 0.323. The molecule has 0 aliphatic carbocycles. The van der Waals surface area contributed by atoms with Crippen molar-refractivity contribution in [1.82, 2.24) is 4.98 Å². The highest BCUT2D eigenvalue weighted by Crippen LogP contribution is 2.22. The summed E-state index contributed by atoms with van der Waals surface area (Å²) < 4.78 is 5.56. The molecule has 0 radical (unpaired) electrons. The quantitative estimate of drug-likeness (QED) is 0.763. The minimum Gasteiger partial charge on any atom is -0.473 e. The number of nitrogens with zero attached hydrogens (tertiary/aromatic N) is 1. The van der Waals surface area contributed by atoms with Gasteiger partial charge in [-0.05, 0) is 11.6 Å². The summed E-state index contributed by atoms with van der Waals surface area (Å²) in [5.74, 6) is 0.805. The van der Waals surface area contributed by atoms with Crippen LogP contribution in [0.25, 0.3) is 0 Å². The Hall–Kier alpha value is -0.960. The second-order valence-corrected chi connectivity index (χ2v) is 4.71. The molecule has 2 aromatic rings. The fraction of sp³-hybridized carbons (Fsp3) is 0.154. The second-order valence-electron chi connectivity index (χ2n) is 3.63. The van der Waals surface area contributed by atoms with Crippen molar-refractivity contribution in [2.45, 2.75) is 12.5 Å². The van der Waals surface area contributed by atoms with E-state index in [1.54, 1.807) is 6.07 Å². The van der Waals surface area contributed by atoms with Gasteiger partial charge in [0.2, 0.25) is 5.88 Å². The van der Waals surface area contributed by atoms with Crippen molar-refractivity contribution in [3.63, 3.8) is 0 Å². The Bertz CT molecular complexity index is 546. The average Bonchev–Trinajstić information content (AvgIpc) is 2.39. The number of hydrogen-bond acceptors (Lipinski definition) is 2. The van der Waals surface area contributed by atoms with Crippen LogP contribution in [0.5, 0.6) is 5.88 Å². The Kier molecular flexibility index (Phi) is 4.70. The van der Waals surface area contributed by atoms with E-state index in [-0.39, 0.29) is 0 Å². The van der Waals surface area contributed by atoms with Crippen LogP contribution in [0.1, 0.15) is 11.1 Å². The molecule has 0 spiro atoms. The van der Waals surface area contributed by atoms with E-state index in [1.807, 2.05) is 24.3 Å². The lowest BCUT2D eigenvalue weighted by Gasteiger charge is -2.08. The van der Waals surface area contributed by atoms with Crippen LogP contribution >= 0.6 is 34.8 Å². The lowest BCUT2D eigenvalue weighted by Crippen LogP contribution is -1.98. The monoisotopic (exact) mass is 301 g/mol. The van der Waals surface area contributed by atoms with Gasteiger partial charge < -0.3 is 4.74 Å². The highest BCUT2D eigenvalue weighted by Gasteiger charge is 2.05. The summed E-state index contributed by atoms with van der Waals surface area (Å²) in [5.41, 5.74) is 1.70. The van der Waals surface area contributed by atoms with Crippen LogP contribution in [0, 0.1) is 0 Å². The van der Waals surface area contributed by atoms with Crippen LogP contribution in [0.2, 0.25) is 10.0 Å². The number of benzene rings is 1. The largest absolute Gasteiger partial charge is 0.473 e. The van der Waals surface area contributed by atoms with E-state index >= 15 is 0 Å². The molecular formula is C13H10Cl3NO. The van der Waals surface area contributed by atoms with E-state index in [0.29, 0.717) is 28.4 Å². The third kappa shape index (κ3) is 3.29. The Balaban J connectivity index is 2.09. The molecule has 0 saturated carbocycles. The Morgan fingerprint density at radius 3 is 2.56 bits per heavy atom. The van der Waals surface area contributed by atoms with Crippen LogP contribution in [-0.2, 0) is 12.5 Å². The molecule has 0 amide bonds. The molecule has 0 N–H and O–H groups in total. The summed E-state index contributed by atoms with van der Waals surface area (Å²) in [6.07, 6.45) is 1.53. The van der Waals surface area contributed by atoms with Crippen LogP contribution in [0.15, 0.2) is 36.5 Å². The van der Waals surface area contributed by atoms with Gasteiger partial charge in [0.05, 0.1) is 5.02 Å². The van der Waals surface area contributed by atoms with Crippen LogP contribution in [0.3, 0.4) is 0 Å². The summed E-state index contributed by atoms with van der Waals surface area (Å²) in [7, 11) is 0. The van der Waals surface area contributed by atoms with Gasteiger partial charge >= 0.3 is 0 Å². The van der Waals surface area contributed by atoms with Crippen molar-refractivity contribution >= 4 is 34.8 Å². The van der Waals surface area contributed by atoms with Crippen LogP contribution in [-0.4, -0.2) is 4.98 Å². The molecule has 94 valence electrons. The molecule has 2 rings (SSSR count). The van der Waals surface area contributed by atoms with E-state index in [4.69, 9.17) is 39.5 Å². The second kappa shape index (κ2) is 6.28. The Morgan fingerprint density at radius 2 is 1.83 bits per heavy atom. The summed E-state index contributed by atoms with van der Waals surface area (Å²) in [5, 5.41) is 1.21. The fourth-order valence-electron chi connectivity index (χ4n) is 1.41. The minimum absolute atomic E-state index is 0.323. The zero-order chi connectivity index (χ0) is 13.0. The molecule has 0 fully saturated rings. The van der Waals surface area contributed by atoms with E-state index in [1.165, 1.54) is 6.20 Å². The lowest BCUT2D eigenvalue weighted by atomic mass is 10.2. The number of aromatic nitrogens is 1. The van der Waals surface area contributed by atoms with Gasteiger partial charge in [0, 0.05) is 28.7 Å². The van der Waals surface area contributed by atoms with Gasteiger partial charge in [-0.2, -0.15) is 0 Å². The third-order valence-corrected chi connectivity index (χ3v) is 3.38. The first kappa shape index (κ1) is 13.5. The first-order valence-electron chi connectivity index (χ1n) is 5.27. The predicted molar refractivity (Wildman–Crippen MR) is 74.6 cm³/mol. The molecule has 0 aliphatic heterocycles. The van der Waals surface area contributed by atoms with Crippen molar-refractivity contribution in [1.29, 1.82) is 0 Å². The SMILES string of the molecule is ClCc1cc(OCc2ccccc2Cl)ncc1Cl. The highest BCUT2D eigenvalue weighted by atomic mass is 35.5. The van der Waals surface area contributed by atoms with Gasteiger partial charge in [0.15, 0.2) is 0 Å². The van der Waals surface area contributed by atoms with Crippen molar-refractivity contribution < 1.29 is 4.74 Å². The molecule has 0 unspecified atom stereocenters. The van der Waals surface area contributed by atoms with Gasteiger partial charge in [-0.3, -0.25) is 0 Å². The van der Waals surface area contributed by atoms with Crippen molar-refractivity contribution in [2.75, 3.05) is 0 Å². The summed E-state index contributed by atoms with van der Waals surface area (Å²) in [6, 6.07) is 9.23. The molecule has 0 aliphatic rings. The molecule has 0 atom stereocenters. The first-order valence-corrected chi connectivity index (χ1v) is 6.56. The first-order chi connectivity index (χ1) is 8.70. The summed E-state index contributed by atoms with van der Waals surface area (Å²) in [4.78, 5) is 4.08. The molecule has 0 saturated heterocycles. The van der Waals surface area contributed by atoms with E-state index < -0.39 is 0 Å². The number of ether oxygens (including phenoxy) is 1. The smallest absolute Gasteiger partial charge is 0.213 e. The molecule has 18 heavy (non-hydrogen) atoms. The molecular weight excluding hydrogens is 293 g/mol. The molecule has 1 heterocycles. The maximum atomic E-state index is 6.03. The van der Waals surface area contributed by atoms with E-state index in [2.05, 4.69) is 4.98 Å². The average molecular weight is 303 g/mol. The standard InChI is InChI=1S/C13H10Cl3NO/c14-6-10-5-13(17-7-12(10)16)18-8-9-3-1-2-4-11(9)15/h1-5,7H,6,8H2. The van der Waals surface area contributed by atoms with Crippen LogP contribution < -0.4 is 4.74 Å². The van der Waals surface area contributed by atoms with E-state index in [0.717, 1.165) is 11.1 Å². The maximum absolute atomic E-state index is 6.03. The molecule has 1 aromatic carbocycles. The van der Waals surface area contributed by atoms with Crippen LogP contribution in [0.4, 0.5) is 0 Å². The van der Waals surface area contributed by atoms with Gasteiger partial charge in [0.25, 0.3) is 0 Å². The normalized spacial score (nSPS) is 10.4. The molecule has 0 bridgehead atoms. The lowest BCUT2D eigenvalue weighted by molar-refractivity contribution is 0.294. The number of hydrogen-bond donors (Lipinski definition) is 0. The number of alkyl halides is 1. The van der Waals surface area contributed by atoms with Gasteiger partial charge in [-0.15, -0.1) is 11.6 Å². The Labute approximate surface area is 120 Å². The molecule has 1 aromatic heterocycles. The van der Waals surface area contributed by atoms with Gasteiger partial charge in [-0.25, -0.2) is 4.98 Å². The molecule has 2 nitrogen and oxygen atoms in total. The zero-order valence-electron chi connectivity index (χ0n) is 9.37. The zero-order valence-corrected chi connectivity index (χ0v) is 11.6. The predicted octanol–water partition coefficient (Wildman–Crippen LogP) is 4.71. The highest BCUT2D eigenvalue weighted by molar-refractivity contribution is 6.32. The fourth-order valence-corrected chi connectivity index (χ4v) is 2.06. The van der Waals surface area contributed by atoms with Crippen molar-refractivity contribution in [2.24, 2.45) is 0 Å². The topological polar surface area (TPSA) is 22.1 Å². The van der Waals surface area contributed by atoms with Gasteiger partial charge in [0.1, 0.15) is 6.61 Å². The van der Waals surface area contributed by atoms with Crippen molar-refractivity contribution in [3.05, 3.63) is 57.7 Å².